The van der Waals surface area contributed by atoms with Crippen LogP contribution in [0.1, 0.15) is 32.4 Å². The fraction of sp³-hybridized carbons (Fsp3) is 0.150. The minimum absolute atomic E-state index is 0.0863. The first-order valence-corrected chi connectivity index (χ1v) is 9.27. The molecule has 0 spiro atoms. The molecule has 25 heavy (non-hydrogen) atoms. The van der Waals surface area contributed by atoms with Gasteiger partial charge in [0.05, 0.1) is 6.04 Å². The Morgan fingerprint density at radius 1 is 1.08 bits per heavy atom. The molecule has 0 bridgehead atoms. The molecule has 126 valence electrons. The Kier molecular flexibility index (Phi) is 4.32. The number of carbonyl (C=O) groups excluding carboxylic acids is 1. The molecule has 5 heteroatoms. The van der Waals surface area contributed by atoms with Crippen molar-refractivity contribution in [3.8, 4) is 0 Å². The standard InChI is InChI=1S/C20H15ClFNOS/c21-15-5-1-13(2-6-15)19-17-10-12-25-18(17)9-11-23(19)20(24)14-3-7-16(22)8-4-14/h1-8,10,12,19H,9,11H2. The van der Waals surface area contributed by atoms with Gasteiger partial charge in [0, 0.05) is 22.0 Å². The SMILES string of the molecule is O=C(c1ccc(F)cc1)N1CCc2sccc2C1c1ccc(Cl)cc1. The highest BCUT2D eigenvalue weighted by Gasteiger charge is 2.33. The summed E-state index contributed by atoms with van der Waals surface area (Å²) in [5, 5.41) is 2.74. The molecule has 2 nitrogen and oxygen atoms in total. The van der Waals surface area contributed by atoms with Gasteiger partial charge in [-0.2, -0.15) is 0 Å². The molecule has 2 aromatic carbocycles. The summed E-state index contributed by atoms with van der Waals surface area (Å²) in [4.78, 5) is 16.2. The van der Waals surface area contributed by atoms with Gasteiger partial charge in [0.25, 0.3) is 5.91 Å². The number of amides is 1. The van der Waals surface area contributed by atoms with Crippen molar-refractivity contribution in [1.29, 1.82) is 0 Å². The Labute approximate surface area is 154 Å². The van der Waals surface area contributed by atoms with Crippen LogP contribution >= 0.6 is 22.9 Å². The van der Waals surface area contributed by atoms with E-state index in [2.05, 4.69) is 11.4 Å². The molecule has 4 rings (SSSR count). The monoisotopic (exact) mass is 371 g/mol. The minimum Gasteiger partial charge on any atom is -0.327 e. The fourth-order valence-corrected chi connectivity index (χ4v) is 4.33. The van der Waals surface area contributed by atoms with Crippen LogP contribution in [-0.4, -0.2) is 17.4 Å². The lowest BCUT2D eigenvalue weighted by Gasteiger charge is -2.36. The van der Waals surface area contributed by atoms with Crippen LogP contribution in [0.2, 0.25) is 5.02 Å². The second-order valence-corrected chi connectivity index (χ2v) is 7.45. The summed E-state index contributed by atoms with van der Waals surface area (Å²) in [7, 11) is 0. The molecule has 0 aliphatic carbocycles. The Bertz CT molecular complexity index is 904. The minimum atomic E-state index is -0.343. The summed E-state index contributed by atoms with van der Waals surface area (Å²) < 4.78 is 13.2. The van der Waals surface area contributed by atoms with Crippen molar-refractivity contribution >= 4 is 28.8 Å². The van der Waals surface area contributed by atoms with Crippen LogP contribution in [0.15, 0.2) is 60.0 Å². The first kappa shape index (κ1) is 16.3. The van der Waals surface area contributed by atoms with Gasteiger partial charge in [-0.1, -0.05) is 23.7 Å². The number of nitrogens with zero attached hydrogens (tertiary/aromatic N) is 1. The van der Waals surface area contributed by atoms with E-state index in [1.807, 2.05) is 29.2 Å². The van der Waals surface area contributed by atoms with Gasteiger partial charge in [-0.15, -0.1) is 11.3 Å². The van der Waals surface area contributed by atoms with E-state index in [9.17, 15) is 9.18 Å². The molecule has 1 atom stereocenters. The molecule has 3 aromatic rings. The van der Waals surface area contributed by atoms with Crippen molar-refractivity contribution in [1.82, 2.24) is 4.90 Å². The highest BCUT2D eigenvalue weighted by Crippen LogP contribution is 2.38. The number of carbonyl (C=O) groups is 1. The van der Waals surface area contributed by atoms with Crippen molar-refractivity contribution < 1.29 is 9.18 Å². The summed E-state index contributed by atoms with van der Waals surface area (Å²) in [5.74, 6) is -0.429. The number of halogens is 2. The summed E-state index contributed by atoms with van der Waals surface area (Å²) in [6.07, 6.45) is 0.837. The maximum Gasteiger partial charge on any atom is 0.254 e. The Hall–Kier alpha value is -2.17. The molecule has 1 aromatic heterocycles. The molecule has 0 fully saturated rings. The van der Waals surface area contributed by atoms with E-state index in [1.54, 1.807) is 23.5 Å². The van der Waals surface area contributed by atoms with E-state index in [0.29, 0.717) is 17.1 Å². The van der Waals surface area contributed by atoms with Crippen LogP contribution in [-0.2, 0) is 6.42 Å². The van der Waals surface area contributed by atoms with Crippen molar-refractivity contribution in [2.24, 2.45) is 0 Å². The van der Waals surface area contributed by atoms with Gasteiger partial charge < -0.3 is 4.90 Å². The van der Waals surface area contributed by atoms with Crippen LogP contribution in [0.5, 0.6) is 0 Å². The van der Waals surface area contributed by atoms with Crippen molar-refractivity contribution in [3.63, 3.8) is 0 Å². The number of fused-ring (bicyclic) bond motifs is 1. The molecule has 0 radical (unpaired) electrons. The first-order valence-electron chi connectivity index (χ1n) is 8.02. The molecule has 1 aliphatic rings. The summed E-state index contributed by atoms with van der Waals surface area (Å²) in [5.41, 5.74) is 2.69. The maximum absolute atomic E-state index is 13.2. The number of hydrogen-bond donors (Lipinski definition) is 0. The molecular weight excluding hydrogens is 357 g/mol. The fourth-order valence-electron chi connectivity index (χ4n) is 3.30. The van der Waals surface area contributed by atoms with E-state index < -0.39 is 0 Å². The quantitative estimate of drug-likeness (QED) is 0.596. The second kappa shape index (κ2) is 6.62. The third-order valence-electron chi connectivity index (χ3n) is 4.50. The Morgan fingerprint density at radius 3 is 2.52 bits per heavy atom. The molecule has 1 unspecified atom stereocenters. The van der Waals surface area contributed by atoms with E-state index in [1.165, 1.54) is 17.0 Å². The number of benzene rings is 2. The lowest BCUT2D eigenvalue weighted by molar-refractivity contribution is 0.0696. The van der Waals surface area contributed by atoms with E-state index in [-0.39, 0.29) is 17.8 Å². The molecule has 2 heterocycles. The summed E-state index contributed by atoms with van der Waals surface area (Å²) >= 11 is 7.75. The highest BCUT2D eigenvalue weighted by atomic mass is 35.5. The predicted octanol–water partition coefficient (Wildman–Crippen LogP) is 5.33. The molecule has 0 saturated carbocycles. The van der Waals surface area contributed by atoms with Gasteiger partial charge in [0.15, 0.2) is 0 Å². The first-order chi connectivity index (χ1) is 12.1. The van der Waals surface area contributed by atoms with Gasteiger partial charge in [-0.25, -0.2) is 4.39 Å². The van der Waals surface area contributed by atoms with Crippen LogP contribution in [0, 0.1) is 5.82 Å². The number of thiophene rings is 1. The smallest absolute Gasteiger partial charge is 0.254 e. The van der Waals surface area contributed by atoms with Gasteiger partial charge >= 0.3 is 0 Å². The van der Waals surface area contributed by atoms with Crippen LogP contribution in [0.3, 0.4) is 0 Å². The van der Waals surface area contributed by atoms with Crippen LogP contribution in [0.25, 0.3) is 0 Å². The summed E-state index contributed by atoms with van der Waals surface area (Å²) in [6.45, 7) is 0.636. The van der Waals surface area contributed by atoms with Gasteiger partial charge in [-0.3, -0.25) is 4.79 Å². The Morgan fingerprint density at radius 2 is 1.80 bits per heavy atom. The third kappa shape index (κ3) is 3.08. The molecule has 1 aliphatic heterocycles. The van der Waals surface area contributed by atoms with E-state index in [4.69, 9.17) is 11.6 Å². The van der Waals surface area contributed by atoms with Gasteiger partial charge in [0.1, 0.15) is 5.82 Å². The van der Waals surface area contributed by atoms with Crippen molar-refractivity contribution in [3.05, 3.63) is 92.4 Å². The zero-order chi connectivity index (χ0) is 17.4. The van der Waals surface area contributed by atoms with Crippen LogP contribution < -0.4 is 0 Å². The largest absolute Gasteiger partial charge is 0.327 e. The lowest BCUT2D eigenvalue weighted by Crippen LogP contribution is -2.40. The third-order valence-corrected chi connectivity index (χ3v) is 5.75. The number of hydrogen-bond acceptors (Lipinski definition) is 2. The normalized spacial score (nSPS) is 16.6. The average Bonchev–Trinajstić information content (AvgIpc) is 3.10. The predicted molar refractivity (Wildman–Crippen MR) is 98.8 cm³/mol. The molecule has 0 N–H and O–H groups in total. The van der Waals surface area contributed by atoms with E-state index in [0.717, 1.165) is 17.5 Å². The maximum atomic E-state index is 13.2. The molecular formula is C20H15ClFNOS. The Balaban J connectivity index is 1.76. The van der Waals surface area contributed by atoms with E-state index >= 15 is 0 Å². The average molecular weight is 372 g/mol. The van der Waals surface area contributed by atoms with Gasteiger partial charge in [-0.05, 0) is 65.4 Å². The zero-order valence-corrected chi connectivity index (χ0v) is 14.9. The van der Waals surface area contributed by atoms with Crippen LogP contribution in [0.4, 0.5) is 4.39 Å². The molecule has 1 amide bonds. The lowest BCUT2D eigenvalue weighted by atomic mass is 9.92. The van der Waals surface area contributed by atoms with Gasteiger partial charge in [0.2, 0.25) is 0 Å². The summed E-state index contributed by atoms with van der Waals surface area (Å²) in [6, 6.07) is 15.3. The van der Waals surface area contributed by atoms with Crippen molar-refractivity contribution in [2.45, 2.75) is 12.5 Å². The topological polar surface area (TPSA) is 20.3 Å². The van der Waals surface area contributed by atoms with Crippen molar-refractivity contribution in [2.75, 3.05) is 6.54 Å². The molecule has 0 saturated heterocycles. The zero-order valence-electron chi connectivity index (χ0n) is 13.3. The number of rotatable bonds is 2. The second-order valence-electron chi connectivity index (χ2n) is 6.01. The highest BCUT2D eigenvalue weighted by molar-refractivity contribution is 7.10.